The molecule has 40 heteroatoms. The Hall–Kier alpha value is -10.3. The Balaban J connectivity index is 0.00000547. The molecule has 0 spiro atoms. The highest BCUT2D eigenvalue weighted by molar-refractivity contribution is 6.00. The minimum atomic E-state index is -5.08. The summed E-state index contributed by atoms with van der Waals surface area (Å²) in [4.78, 5) is 199. The van der Waals surface area contributed by atoms with E-state index in [0.29, 0.717) is 5.56 Å². The summed E-state index contributed by atoms with van der Waals surface area (Å²) in [7, 11) is 0. The van der Waals surface area contributed by atoms with Crippen molar-refractivity contribution in [2.45, 2.75) is 218 Å². The number of carboxylic acid groups (broad SMARTS) is 1. The third-order valence-corrected chi connectivity index (χ3v) is 16.0. The van der Waals surface area contributed by atoms with Gasteiger partial charge in [0.15, 0.2) is 24.2 Å². The van der Waals surface area contributed by atoms with E-state index in [1.165, 1.54) is 44.2 Å². The molecule has 1 aliphatic rings. The van der Waals surface area contributed by atoms with Crippen molar-refractivity contribution in [2.24, 2.45) is 45.9 Å². The number of esters is 1. The third kappa shape index (κ3) is 33.8. The van der Waals surface area contributed by atoms with E-state index in [-0.39, 0.29) is 56.8 Å². The molecule has 37 nitrogen and oxygen atoms in total. The van der Waals surface area contributed by atoms with Gasteiger partial charge in [-0.1, -0.05) is 122 Å². The standard InChI is InChI=1S/C67H105N15O20.C2HF3O2/c1-13-36(8)46-60(94)80-47(37(9)84)59(93)72-29-45(85)78-49(52(87)54(68)88)62(96)76-43(30-83)64(98)101-53(39-23-18-15-19-24-39)50(82-57(91)42(28-34(4)5)74-58(92)44(77-66(99)102-67(10,11)12)32-100-31-38-21-16-14-17-22-38)63(97)81-48(51(86)35(6)7)61(95)75-41(27-33(2)3)56(90)73-40(55(89)79-46)25-20-26-71-65(69)70;3-2(4,5)1(6)7/h14-19,21-24,33-37,40-44,46-53,83-84,86-87H,13,20,25-32H2,1-12H3,(H2,68,88)(H,72,93)(H,73,90)(H,74,92)(H,75,95)(H,76,96)(H,77,99)(H,78,85)(H,79,89)(H,80,94)(H,81,97)(H,82,91)(H4,69,70,71);(H,6,7)/t36-,37-,40+,41-,42-,43-,44-,46?,47?,48-,49-,50-,51+,52-,53+;/m0./s1. The summed E-state index contributed by atoms with van der Waals surface area (Å²) >= 11 is 0. The molecule has 22 N–H and O–H groups in total. The van der Waals surface area contributed by atoms with Crippen LogP contribution in [0.15, 0.2) is 65.7 Å². The topological polar surface area (TPSA) is 591 Å². The number of carbonyl (C=O) groups excluding carboxylic acids is 13. The number of benzene rings is 2. The molecule has 1 fully saturated rings. The number of alkyl carbamates (subject to hydrolysis) is 1. The number of nitrogens with one attached hydrogen (secondary N) is 11. The molecule has 0 radical (unpaired) electrons. The van der Waals surface area contributed by atoms with Crippen LogP contribution in [-0.2, 0) is 83.1 Å². The molecule has 2 aromatic rings. The van der Waals surface area contributed by atoms with Gasteiger partial charge in [-0.2, -0.15) is 13.2 Å². The molecule has 2 unspecified atom stereocenters. The average molecular weight is 1550 g/mol. The second-order valence-corrected chi connectivity index (χ2v) is 27.8. The number of cyclic esters (lactones) is 1. The molecular weight excluding hydrogens is 1450 g/mol. The van der Waals surface area contributed by atoms with E-state index in [1.807, 2.05) is 10.6 Å². The Kier molecular flexibility index (Phi) is 39.5. The summed E-state index contributed by atoms with van der Waals surface area (Å²) < 4.78 is 49.0. The SMILES string of the molecule is CC[C@H](C)C1NC(=O)[C@@H](CCCN=C(N)N)NC(=O)[C@H](CC(C)C)NC(=O)[C@H]([C@H](O)C(C)C)NC(=O)[C@@H](NC(=O)[C@H](CC(C)C)NC(=O)[C@H](COCc2ccccc2)NC(=O)OC(C)(C)C)[C@@H](c2ccccc2)OC(=O)[C@H](CO)NC(=O)[C@H]([C@H](O)C(N)=O)NC(=O)CNC(=O)C([C@H](C)O)NC1=O.O=C(O)C(F)(F)F. The number of nitrogens with two attached hydrogens (primary N) is 3. The van der Waals surface area contributed by atoms with Gasteiger partial charge in [0, 0.05) is 6.54 Å². The Morgan fingerprint density at radius 2 is 1.18 bits per heavy atom. The second kappa shape index (κ2) is 45.5. The molecule has 1 saturated heterocycles. The molecule has 0 aromatic heterocycles. The van der Waals surface area contributed by atoms with Crippen LogP contribution >= 0.6 is 0 Å². The fourth-order valence-electron chi connectivity index (χ4n) is 10.1. The molecule has 0 aliphatic carbocycles. The molecular formula is C69H106F3N15O22. The highest BCUT2D eigenvalue weighted by Crippen LogP contribution is 2.25. The van der Waals surface area contributed by atoms with Crippen LogP contribution in [0.4, 0.5) is 18.0 Å². The molecule has 12 amide bonds. The van der Waals surface area contributed by atoms with Crippen molar-refractivity contribution in [3.05, 3.63) is 71.8 Å². The number of carboxylic acids is 1. The summed E-state index contributed by atoms with van der Waals surface area (Å²) in [6.07, 6.45) is -14.8. The van der Waals surface area contributed by atoms with Crippen LogP contribution in [0.1, 0.15) is 132 Å². The molecule has 109 heavy (non-hydrogen) atoms. The Morgan fingerprint density at radius 1 is 0.651 bits per heavy atom. The van der Waals surface area contributed by atoms with Crippen molar-refractivity contribution in [3.63, 3.8) is 0 Å². The highest BCUT2D eigenvalue weighted by Gasteiger charge is 2.44. The van der Waals surface area contributed by atoms with Gasteiger partial charge in [0.05, 0.1) is 38.6 Å². The van der Waals surface area contributed by atoms with Crippen molar-refractivity contribution in [1.82, 2.24) is 58.5 Å². The number of aliphatic imine (C=N–C) groups is 1. The lowest BCUT2D eigenvalue weighted by Crippen LogP contribution is -2.64. The van der Waals surface area contributed by atoms with Gasteiger partial charge in [0.25, 0.3) is 0 Å². The summed E-state index contributed by atoms with van der Waals surface area (Å²) in [5.74, 6) is -20.9. The zero-order valence-electron chi connectivity index (χ0n) is 62.7. The van der Waals surface area contributed by atoms with E-state index >= 15 is 14.4 Å². The number of aliphatic carboxylic acids is 1. The van der Waals surface area contributed by atoms with Gasteiger partial charge in [-0.05, 0) is 88.2 Å². The zero-order chi connectivity index (χ0) is 83.0. The van der Waals surface area contributed by atoms with Crippen LogP contribution < -0.4 is 75.7 Å². The lowest BCUT2D eigenvalue weighted by molar-refractivity contribution is -0.192. The predicted octanol–water partition coefficient (Wildman–Crippen LogP) is -3.06. The van der Waals surface area contributed by atoms with Crippen molar-refractivity contribution in [2.75, 3.05) is 26.3 Å². The fourth-order valence-corrected chi connectivity index (χ4v) is 10.1. The molecule has 2 aromatic carbocycles. The fraction of sp³-hybridized carbons (Fsp3) is 0.609. The van der Waals surface area contributed by atoms with E-state index in [4.69, 9.17) is 41.3 Å². The number of hydrogen-bond acceptors (Lipinski definition) is 22. The smallest absolute Gasteiger partial charge is 0.475 e. The van der Waals surface area contributed by atoms with E-state index in [1.54, 1.807) is 92.6 Å². The van der Waals surface area contributed by atoms with Crippen molar-refractivity contribution in [1.29, 1.82) is 0 Å². The number of hydrogen-bond donors (Lipinski definition) is 19. The molecule has 0 saturated carbocycles. The first-order chi connectivity index (χ1) is 50.7. The lowest BCUT2D eigenvalue weighted by atomic mass is 9.95. The van der Waals surface area contributed by atoms with Gasteiger partial charge in [-0.15, -0.1) is 0 Å². The normalized spacial score (nSPS) is 22.4. The van der Waals surface area contributed by atoms with Gasteiger partial charge in [0.1, 0.15) is 60.0 Å². The monoisotopic (exact) mass is 1550 g/mol. The average Bonchev–Trinajstić information content (AvgIpc) is 0.811. The van der Waals surface area contributed by atoms with Crippen molar-refractivity contribution in [3.8, 4) is 0 Å². The minimum absolute atomic E-state index is 0.0231. The molecule has 0 bridgehead atoms. The zero-order valence-corrected chi connectivity index (χ0v) is 62.7. The number of ether oxygens (including phenoxy) is 3. The van der Waals surface area contributed by atoms with Crippen LogP contribution in [0, 0.1) is 23.7 Å². The highest BCUT2D eigenvalue weighted by atomic mass is 19.4. The van der Waals surface area contributed by atoms with Crippen molar-refractivity contribution >= 4 is 89.0 Å². The van der Waals surface area contributed by atoms with Crippen LogP contribution in [0.5, 0.6) is 0 Å². The van der Waals surface area contributed by atoms with Gasteiger partial charge < -0.3 is 115 Å². The van der Waals surface area contributed by atoms with Crippen LogP contribution in [0.25, 0.3) is 0 Å². The summed E-state index contributed by atoms with van der Waals surface area (Å²) in [6, 6.07) is -3.16. The minimum Gasteiger partial charge on any atom is -0.475 e. The molecule has 3 rings (SSSR count). The first-order valence-corrected chi connectivity index (χ1v) is 34.9. The maximum Gasteiger partial charge on any atom is 0.490 e. The summed E-state index contributed by atoms with van der Waals surface area (Å²) in [5, 5.41) is 78.1. The van der Waals surface area contributed by atoms with Crippen LogP contribution in [-0.4, -0.2) is 231 Å². The number of alkyl halides is 3. The van der Waals surface area contributed by atoms with Crippen LogP contribution in [0.3, 0.4) is 0 Å². The molecule has 1 aliphatic heterocycles. The predicted molar refractivity (Wildman–Crippen MR) is 382 cm³/mol. The lowest BCUT2D eigenvalue weighted by Gasteiger charge is -2.34. The number of aliphatic hydroxyl groups excluding tert-OH is 4. The quantitative estimate of drug-likeness (QED) is 0.0192. The maximum absolute atomic E-state index is 15.6. The first-order valence-electron chi connectivity index (χ1n) is 34.9. The van der Waals surface area contributed by atoms with Gasteiger partial charge >= 0.3 is 24.2 Å². The number of guanidine groups is 1. The Morgan fingerprint density at radius 3 is 1.70 bits per heavy atom. The summed E-state index contributed by atoms with van der Waals surface area (Å²) in [6.45, 7) is 15.6. The second-order valence-electron chi connectivity index (χ2n) is 27.8. The van der Waals surface area contributed by atoms with Gasteiger partial charge in [-0.3, -0.25) is 57.7 Å². The number of amides is 12. The number of halogens is 3. The third-order valence-electron chi connectivity index (χ3n) is 16.0. The number of aliphatic hydroxyl groups is 4. The van der Waals surface area contributed by atoms with E-state index in [9.17, 15) is 81.5 Å². The van der Waals surface area contributed by atoms with E-state index < -0.39 is 223 Å². The Labute approximate surface area is 627 Å². The van der Waals surface area contributed by atoms with E-state index in [2.05, 4.69) is 52.8 Å². The van der Waals surface area contributed by atoms with Crippen molar-refractivity contribution < 1.29 is 120 Å². The number of rotatable bonds is 26. The van der Waals surface area contributed by atoms with Gasteiger partial charge in [0.2, 0.25) is 65.0 Å². The maximum atomic E-state index is 15.6. The van der Waals surface area contributed by atoms with Gasteiger partial charge in [-0.25, -0.2) is 14.4 Å². The molecule has 610 valence electrons. The summed E-state index contributed by atoms with van der Waals surface area (Å²) in [5.41, 5.74) is 16.0. The first kappa shape index (κ1) is 94.8. The largest absolute Gasteiger partial charge is 0.490 e. The van der Waals surface area contributed by atoms with Crippen LogP contribution in [0.2, 0.25) is 0 Å². The number of carbonyl (C=O) groups is 14. The Bertz CT molecular complexity index is 3420. The molecule has 1 heterocycles. The number of primary amides is 1. The number of nitrogens with zero attached hydrogens (tertiary/aromatic N) is 1. The van der Waals surface area contributed by atoms with E-state index in [0.717, 1.165) is 6.92 Å². The molecule has 15 atom stereocenters.